The molecule has 0 saturated carbocycles. The van der Waals surface area contributed by atoms with Crippen LogP contribution in [0.1, 0.15) is 49.2 Å². The van der Waals surface area contributed by atoms with Crippen LogP contribution < -0.4 is 0 Å². The fraction of sp³-hybridized carbons (Fsp3) is 0.500. The van der Waals surface area contributed by atoms with Crippen LogP contribution in [0.2, 0.25) is 0 Å². The number of rotatable bonds is 1. The lowest BCUT2D eigenvalue weighted by molar-refractivity contribution is 0.0525. The van der Waals surface area contributed by atoms with E-state index in [1.807, 2.05) is 17.0 Å². The van der Waals surface area contributed by atoms with Gasteiger partial charge in [-0.05, 0) is 46.2 Å². The van der Waals surface area contributed by atoms with Gasteiger partial charge in [-0.15, -0.1) is 0 Å². The third kappa shape index (κ3) is 1.36. The third-order valence-corrected chi connectivity index (χ3v) is 3.40. The summed E-state index contributed by atoms with van der Waals surface area (Å²) in [4.78, 5) is 14.3. The number of nitrogens with zero attached hydrogens (tertiary/aromatic N) is 1. The second kappa shape index (κ2) is 3.34. The van der Waals surface area contributed by atoms with E-state index in [4.69, 9.17) is 0 Å². The van der Waals surface area contributed by atoms with Crippen molar-refractivity contribution in [1.29, 1.82) is 0 Å². The predicted octanol–water partition coefficient (Wildman–Crippen LogP) is 3.09. The van der Waals surface area contributed by atoms with Crippen molar-refractivity contribution < 1.29 is 4.79 Å². The highest BCUT2D eigenvalue weighted by atomic mass is 16.2. The van der Waals surface area contributed by atoms with E-state index >= 15 is 0 Å². The van der Waals surface area contributed by atoms with Gasteiger partial charge in [0.05, 0.1) is 5.54 Å². The lowest BCUT2D eigenvalue weighted by Crippen LogP contribution is -2.43. The highest BCUT2D eigenvalue weighted by Crippen LogP contribution is 2.40. The summed E-state index contributed by atoms with van der Waals surface area (Å²) in [5, 5.41) is 0. The molecule has 1 amide bonds. The lowest BCUT2D eigenvalue weighted by Gasteiger charge is -2.35. The summed E-state index contributed by atoms with van der Waals surface area (Å²) in [5.41, 5.74) is 3.05. The number of carbonyl (C=O) groups is 1. The molecule has 0 atom stereocenters. The molecule has 1 aromatic carbocycles. The van der Waals surface area contributed by atoms with Gasteiger partial charge in [-0.3, -0.25) is 4.79 Å². The first kappa shape index (κ1) is 11.2. The molecule has 0 bridgehead atoms. The van der Waals surface area contributed by atoms with Crippen molar-refractivity contribution in [2.45, 2.75) is 46.2 Å². The summed E-state index contributed by atoms with van der Waals surface area (Å²) in [7, 11) is 0. The molecule has 0 spiro atoms. The molecule has 0 N–H and O–H groups in total. The molecule has 0 fully saturated rings. The van der Waals surface area contributed by atoms with Crippen LogP contribution in [0, 0.1) is 6.92 Å². The number of amides is 1. The smallest absolute Gasteiger partial charge is 0.255 e. The molecular weight excluding hydrogens is 198 g/mol. The third-order valence-electron chi connectivity index (χ3n) is 3.40. The van der Waals surface area contributed by atoms with Gasteiger partial charge in [0.25, 0.3) is 5.91 Å². The summed E-state index contributed by atoms with van der Waals surface area (Å²) in [6.07, 6.45) is 0. The zero-order valence-corrected chi connectivity index (χ0v) is 10.7. The average molecular weight is 217 g/mol. The Bertz CT molecular complexity index is 446. The number of aryl methyl sites for hydroxylation is 1. The minimum Gasteiger partial charge on any atom is -0.327 e. The maximum Gasteiger partial charge on any atom is 0.255 e. The second-order valence-electron chi connectivity index (χ2n) is 5.38. The standard InChI is InChI=1S/C14H19NO/c1-9(2)15-13(16)11-7-6-10(3)8-12(11)14(15,4)5/h6-9H,1-5H3. The van der Waals surface area contributed by atoms with Gasteiger partial charge in [0, 0.05) is 11.6 Å². The highest BCUT2D eigenvalue weighted by Gasteiger charge is 2.43. The van der Waals surface area contributed by atoms with Crippen LogP contribution in [0.5, 0.6) is 0 Å². The van der Waals surface area contributed by atoms with E-state index < -0.39 is 0 Å². The average Bonchev–Trinajstić information content (AvgIpc) is 2.34. The molecule has 0 unspecified atom stereocenters. The number of carbonyl (C=O) groups excluding carboxylic acids is 1. The maximum atomic E-state index is 12.3. The Labute approximate surface area is 97.3 Å². The molecule has 16 heavy (non-hydrogen) atoms. The number of hydrogen-bond donors (Lipinski definition) is 0. The van der Waals surface area contributed by atoms with Crippen LogP contribution in [0.25, 0.3) is 0 Å². The lowest BCUT2D eigenvalue weighted by atomic mass is 9.92. The first-order valence-electron chi connectivity index (χ1n) is 5.80. The Morgan fingerprint density at radius 3 is 2.44 bits per heavy atom. The van der Waals surface area contributed by atoms with Crippen LogP contribution >= 0.6 is 0 Å². The van der Waals surface area contributed by atoms with Crippen molar-refractivity contribution in [3.05, 3.63) is 34.9 Å². The van der Waals surface area contributed by atoms with Gasteiger partial charge in [0.15, 0.2) is 0 Å². The largest absolute Gasteiger partial charge is 0.327 e. The van der Waals surface area contributed by atoms with Crippen LogP contribution in [-0.4, -0.2) is 16.8 Å². The van der Waals surface area contributed by atoms with Crippen molar-refractivity contribution in [3.8, 4) is 0 Å². The summed E-state index contributed by atoms with van der Waals surface area (Å²) in [6, 6.07) is 6.33. The van der Waals surface area contributed by atoms with E-state index in [0.29, 0.717) is 0 Å². The van der Waals surface area contributed by atoms with Crippen LogP contribution in [-0.2, 0) is 5.54 Å². The van der Waals surface area contributed by atoms with Crippen molar-refractivity contribution in [2.75, 3.05) is 0 Å². The summed E-state index contributed by atoms with van der Waals surface area (Å²) in [6.45, 7) is 10.4. The predicted molar refractivity (Wildman–Crippen MR) is 65.5 cm³/mol. The van der Waals surface area contributed by atoms with E-state index in [0.717, 1.165) is 11.1 Å². The monoisotopic (exact) mass is 217 g/mol. The molecule has 0 saturated heterocycles. The SMILES string of the molecule is Cc1ccc2c(c1)C(C)(C)N(C(C)C)C2=O. The summed E-state index contributed by atoms with van der Waals surface area (Å²) in [5.74, 6) is 0.162. The molecule has 1 aromatic rings. The Morgan fingerprint density at radius 2 is 1.88 bits per heavy atom. The Balaban J connectivity index is 2.62. The fourth-order valence-electron chi connectivity index (χ4n) is 2.74. The molecular formula is C14H19NO. The molecule has 1 aliphatic heterocycles. The zero-order chi connectivity index (χ0) is 12.1. The van der Waals surface area contributed by atoms with Crippen molar-refractivity contribution in [1.82, 2.24) is 4.90 Å². The fourth-order valence-corrected chi connectivity index (χ4v) is 2.74. The molecule has 1 aliphatic rings. The van der Waals surface area contributed by atoms with Crippen molar-refractivity contribution in [2.24, 2.45) is 0 Å². The quantitative estimate of drug-likeness (QED) is 0.708. The molecule has 0 aliphatic carbocycles. The first-order chi connectivity index (χ1) is 7.35. The number of benzene rings is 1. The normalized spacial score (nSPS) is 18.1. The molecule has 2 rings (SSSR count). The molecule has 2 nitrogen and oxygen atoms in total. The van der Waals surface area contributed by atoms with E-state index in [9.17, 15) is 4.79 Å². The van der Waals surface area contributed by atoms with Gasteiger partial charge in [0.2, 0.25) is 0 Å². The van der Waals surface area contributed by atoms with E-state index in [1.54, 1.807) is 0 Å². The number of fused-ring (bicyclic) bond motifs is 1. The molecule has 1 heterocycles. The van der Waals surface area contributed by atoms with Gasteiger partial charge >= 0.3 is 0 Å². The Morgan fingerprint density at radius 1 is 1.25 bits per heavy atom. The minimum atomic E-state index is -0.188. The van der Waals surface area contributed by atoms with Gasteiger partial charge in [-0.1, -0.05) is 17.7 Å². The maximum absolute atomic E-state index is 12.3. The second-order valence-corrected chi connectivity index (χ2v) is 5.38. The van der Waals surface area contributed by atoms with Crippen LogP contribution in [0.3, 0.4) is 0 Å². The van der Waals surface area contributed by atoms with Gasteiger partial charge < -0.3 is 4.90 Å². The Hall–Kier alpha value is -1.31. The Kier molecular flexibility index (Phi) is 2.33. The zero-order valence-electron chi connectivity index (χ0n) is 10.7. The van der Waals surface area contributed by atoms with Crippen molar-refractivity contribution in [3.63, 3.8) is 0 Å². The molecule has 86 valence electrons. The topological polar surface area (TPSA) is 20.3 Å². The molecule has 0 radical (unpaired) electrons. The van der Waals surface area contributed by atoms with Gasteiger partial charge in [-0.2, -0.15) is 0 Å². The van der Waals surface area contributed by atoms with Crippen LogP contribution in [0.4, 0.5) is 0 Å². The van der Waals surface area contributed by atoms with E-state index in [1.165, 1.54) is 5.56 Å². The summed E-state index contributed by atoms with van der Waals surface area (Å²) >= 11 is 0. The van der Waals surface area contributed by atoms with E-state index in [-0.39, 0.29) is 17.5 Å². The van der Waals surface area contributed by atoms with E-state index in [2.05, 4.69) is 40.7 Å². The summed E-state index contributed by atoms with van der Waals surface area (Å²) < 4.78 is 0. The molecule has 0 aromatic heterocycles. The van der Waals surface area contributed by atoms with Crippen LogP contribution in [0.15, 0.2) is 18.2 Å². The number of hydrogen-bond acceptors (Lipinski definition) is 1. The molecule has 2 heteroatoms. The first-order valence-corrected chi connectivity index (χ1v) is 5.80. The minimum absolute atomic E-state index is 0.162. The van der Waals surface area contributed by atoms with Gasteiger partial charge in [0.1, 0.15) is 0 Å². The van der Waals surface area contributed by atoms with Gasteiger partial charge in [-0.25, -0.2) is 0 Å². The van der Waals surface area contributed by atoms with Crippen molar-refractivity contribution >= 4 is 5.91 Å². The highest BCUT2D eigenvalue weighted by molar-refractivity contribution is 6.00.